The molecule has 1 aliphatic carbocycles. The number of amides is 1. The number of halogens is 2. The van der Waals surface area contributed by atoms with Crippen LogP contribution in [-0.4, -0.2) is 52.7 Å². The Morgan fingerprint density at radius 2 is 2.00 bits per heavy atom. The lowest BCUT2D eigenvalue weighted by molar-refractivity contribution is -0.139. The monoisotopic (exact) mass is 425 g/mol. The minimum absolute atomic E-state index is 0.213. The third-order valence-corrected chi connectivity index (χ3v) is 6.75. The van der Waals surface area contributed by atoms with Crippen LogP contribution in [-0.2, 0) is 4.79 Å². The summed E-state index contributed by atoms with van der Waals surface area (Å²) in [5, 5.41) is 9.73. The fourth-order valence-electron chi connectivity index (χ4n) is 4.90. The molecule has 0 radical (unpaired) electrons. The molecule has 0 bridgehead atoms. The number of hydrogen-bond donors (Lipinski definition) is 1. The molecule has 1 unspecified atom stereocenters. The van der Waals surface area contributed by atoms with Crippen LogP contribution in [0, 0.1) is 11.2 Å². The van der Waals surface area contributed by atoms with Gasteiger partial charge in [-0.1, -0.05) is 0 Å². The molecule has 1 N–H and O–H groups in total. The van der Waals surface area contributed by atoms with E-state index in [4.69, 9.17) is 0 Å². The van der Waals surface area contributed by atoms with Crippen molar-refractivity contribution in [2.24, 2.45) is 5.41 Å². The number of aliphatic hydroxyl groups excluding tert-OH is 1. The molecule has 1 amide bonds. The number of likely N-dealkylation sites (tertiary alicyclic amines) is 1. The summed E-state index contributed by atoms with van der Waals surface area (Å²) >= 11 is 3.25. The van der Waals surface area contributed by atoms with Crippen LogP contribution >= 0.6 is 15.9 Å². The summed E-state index contributed by atoms with van der Waals surface area (Å²) in [5.74, 6) is 0.223. The first-order chi connectivity index (χ1) is 12.5. The zero-order chi connectivity index (χ0) is 18.3. The average molecular weight is 426 g/mol. The van der Waals surface area contributed by atoms with Crippen LogP contribution in [0.15, 0.2) is 16.7 Å². The second-order valence-corrected chi connectivity index (χ2v) is 8.89. The van der Waals surface area contributed by atoms with Gasteiger partial charge in [0.25, 0.3) is 0 Å². The topological polar surface area (TPSA) is 56.7 Å². The quantitative estimate of drug-likeness (QED) is 0.790. The van der Waals surface area contributed by atoms with Crippen molar-refractivity contribution >= 4 is 27.7 Å². The maximum Gasteiger partial charge on any atom is 0.230 e. The molecule has 0 aromatic carbocycles. The molecule has 1 spiro atoms. The van der Waals surface area contributed by atoms with E-state index in [-0.39, 0.29) is 23.9 Å². The average Bonchev–Trinajstić information content (AvgIpc) is 2.92. The van der Waals surface area contributed by atoms with E-state index in [9.17, 15) is 14.3 Å². The highest BCUT2D eigenvalue weighted by molar-refractivity contribution is 9.10. The summed E-state index contributed by atoms with van der Waals surface area (Å²) in [4.78, 5) is 21.5. The molecule has 1 aromatic heterocycles. The molecule has 1 atom stereocenters. The van der Waals surface area contributed by atoms with Gasteiger partial charge >= 0.3 is 0 Å². The lowest BCUT2D eigenvalue weighted by Gasteiger charge is -2.41. The van der Waals surface area contributed by atoms with Crippen LogP contribution in [0.3, 0.4) is 0 Å². The van der Waals surface area contributed by atoms with Gasteiger partial charge in [-0.05, 0) is 66.9 Å². The Kier molecular flexibility index (Phi) is 4.94. The third-order valence-electron chi connectivity index (χ3n) is 6.32. The standard InChI is InChI=1S/C19H25BrFN3O2/c20-13-10-16(21)17(22-11-13)23-8-1-6-19(12-23)7-9-24(18(19)26)14-2-4-15(25)5-3-14/h10-11,14-15,25H,1-9,12H2/t14-,15+,19?. The van der Waals surface area contributed by atoms with Gasteiger partial charge in [-0.3, -0.25) is 4.79 Å². The Morgan fingerprint density at radius 3 is 2.73 bits per heavy atom. The van der Waals surface area contributed by atoms with Crippen LogP contribution < -0.4 is 4.90 Å². The minimum Gasteiger partial charge on any atom is -0.393 e. The Morgan fingerprint density at radius 1 is 1.23 bits per heavy atom. The van der Waals surface area contributed by atoms with Crippen LogP contribution in [0.25, 0.3) is 0 Å². The van der Waals surface area contributed by atoms with Crippen molar-refractivity contribution in [2.75, 3.05) is 24.5 Å². The van der Waals surface area contributed by atoms with Gasteiger partial charge in [-0.15, -0.1) is 0 Å². The van der Waals surface area contributed by atoms with Crippen molar-refractivity contribution in [2.45, 2.75) is 57.1 Å². The minimum atomic E-state index is -0.407. The second-order valence-electron chi connectivity index (χ2n) is 7.98. The number of hydrogen-bond acceptors (Lipinski definition) is 4. The summed E-state index contributed by atoms with van der Waals surface area (Å²) in [6, 6.07) is 1.68. The van der Waals surface area contributed by atoms with Gasteiger partial charge < -0.3 is 14.9 Å². The zero-order valence-corrected chi connectivity index (χ0v) is 16.4. The maximum absolute atomic E-state index is 14.4. The lowest BCUT2D eigenvalue weighted by atomic mass is 9.78. The first-order valence-electron chi connectivity index (χ1n) is 9.54. The number of rotatable bonds is 2. The van der Waals surface area contributed by atoms with Crippen molar-refractivity contribution in [3.05, 3.63) is 22.6 Å². The first-order valence-corrected chi connectivity index (χ1v) is 10.3. The molecular formula is C19H25BrFN3O2. The molecule has 2 saturated heterocycles. The summed E-state index contributed by atoms with van der Waals surface area (Å²) in [6.07, 6.45) is 7.30. The SMILES string of the molecule is O=C1N([C@H]2CC[C@@H](O)CC2)CCC12CCCN(c1ncc(Br)cc1F)C2. The van der Waals surface area contributed by atoms with Gasteiger partial charge in [0.15, 0.2) is 11.6 Å². The molecule has 3 heterocycles. The summed E-state index contributed by atoms with van der Waals surface area (Å²) in [6.45, 7) is 2.06. The van der Waals surface area contributed by atoms with E-state index in [0.29, 0.717) is 16.8 Å². The Bertz CT molecular complexity index is 695. The smallest absolute Gasteiger partial charge is 0.230 e. The number of pyridine rings is 1. The van der Waals surface area contributed by atoms with Crippen molar-refractivity contribution in [1.29, 1.82) is 0 Å². The van der Waals surface area contributed by atoms with Crippen LogP contribution in [0.1, 0.15) is 44.9 Å². The number of carbonyl (C=O) groups excluding carboxylic acids is 1. The molecule has 1 saturated carbocycles. The Balaban J connectivity index is 1.50. The summed E-state index contributed by atoms with van der Waals surface area (Å²) in [5.41, 5.74) is -0.407. The molecular weight excluding hydrogens is 401 g/mol. The highest BCUT2D eigenvalue weighted by atomic mass is 79.9. The first kappa shape index (κ1) is 18.2. The van der Waals surface area contributed by atoms with Crippen LogP contribution in [0.2, 0.25) is 0 Å². The predicted octanol–water partition coefficient (Wildman–Crippen LogP) is 3.11. The zero-order valence-electron chi connectivity index (χ0n) is 14.8. The van der Waals surface area contributed by atoms with E-state index in [1.807, 2.05) is 9.80 Å². The molecule has 3 aliphatic rings. The molecule has 5 nitrogen and oxygen atoms in total. The van der Waals surface area contributed by atoms with E-state index in [0.717, 1.165) is 58.0 Å². The van der Waals surface area contributed by atoms with Gasteiger partial charge in [-0.2, -0.15) is 0 Å². The molecule has 3 fully saturated rings. The fraction of sp³-hybridized carbons (Fsp3) is 0.684. The normalized spacial score (nSPS) is 32.5. The van der Waals surface area contributed by atoms with Gasteiger partial charge in [0.2, 0.25) is 5.91 Å². The number of aromatic nitrogens is 1. The van der Waals surface area contributed by atoms with E-state index in [2.05, 4.69) is 20.9 Å². The number of carbonyl (C=O) groups is 1. The fourth-order valence-corrected chi connectivity index (χ4v) is 5.20. The predicted molar refractivity (Wildman–Crippen MR) is 100 cm³/mol. The number of anilines is 1. The van der Waals surface area contributed by atoms with E-state index < -0.39 is 5.41 Å². The lowest BCUT2D eigenvalue weighted by Crippen LogP contribution is -2.50. The molecule has 2 aliphatic heterocycles. The summed E-state index contributed by atoms with van der Waals surface area (Å²) in [7, 11) is 0. The highest BCUT2D eigenvalue weighted by Gasteiger charge is 2.51. The van der Waals surface area contributed by atoms with Gasteiger partial charge in [0.1, 0.15) is 0 Å². The number of aliphatic hydroxyl groups is 1. The molecule has 1 aromatic rings. The maximum atomic E-state index is 14.4. The molecule has 142 valence electrons. The Hall–Kier alpha value is -1.21. The molecule has 26 heavy (non-hydrogen) atoms. The van der Waals surface area contributed by atoms with Crippen LogP contribution in [0.4, 0.5) is 10.2 Å². The van der Waals surface area contributed by atoms with Gasteiger partial charge in [0, 0.05) is 36.3 Å². The summed E-state index contributed by atoms with van der Waals surface area (Å²) < 4.78 is 15.0. The van der Waals surface area contributed by atoms with Gasteiger partial charge in [-0.25, -0.2) is 9.37 Å². The van der Waals surface area contributed by atoms with Crippen molar-refractivity contribution in [3.8, 4) is 0 Å². The van der Waals surface area contributed by atoms with Crippen molar-refractivity contribution in [1.82, 2.24) is 9.88 Å². The Labute approximate surface area is 161 Å². The number of piperidine rings is 1. The molecule has 7 heteroatoms. The van der Waals surface area contributed by atoms with Gasteiger partial charge in [0.05, 0.1) is 11.5 Å². The number of nitrogens with zero attached hydrogens (tertiary/aromatic N) is 3. The highest BCUT2D eigenvalue weighted by Crippen LogP contribution is 2.43. The van der Waals surface area contributed by atoms with Crippen molar-refractivity contribution < 1.29 is 14.3 Å². The second kappa shape index (κ2) is 7.08. The third kappa shape index (κ3) is 3.24. The van der Waals surface area contributed by atoms with Crippen molar-refractivity contribution in [3.63, 3.8) is 0 Å². The van der Waals surface area contributed by atoms with E-state index in [1.54, 1.807) is 6.20 Å². The largest absolute Gasteiger partial charge is 0.393 e. The van der Waals surface area contributed by atoms with Crippen LogP contribution in [0.5, 0.6) is 0 Å². The van der Waals surface area contributed by atoms with E-state index in [1.165, 1.54) is 6.07 Å². The molecule has 4 rings (SSSR count). The van der Waals surface area contributed by atoms with E-state index >= 15 is 0 Å².